The smallest absolute Gasteiger partial charge is 0.131 e. The molecule has 3 rings (SSSR count). The fourth-order valence-electron chi connectivity index (χ4n) is 3.63. The van der Waals surface area contributed by atoms with Crippen LogP contribution in [0.1, 0.15) is 43.9 Å². The Kier molecular flexibility index (Phi) is 4.57. The minimum Gasteiger partial charge on any atom is -0.311 e. The van der Waals surface area contributed by atoms with Gasteiger partial charge in [-0.3, -0.25) is 9.58 Å². The molecule has 118 valence electrons. The summed E-state index contributed by atoms with van der Waals surface area (Å²) in [5.74, 6) is 0.885. The van der Waals surface area contributed by atoms with E-state index >= 15 is 0 Å². The third-order valence-electron chi connectivity index (χ3n) is 4.97. The van der Waals surface area contributed by atoms with Crippen LogP contribution in [0.3, 0.4) is 0 Å². The predicted molar refractivity (Wildman–Crippen MR) is 86.6 cm³/mol. The second-order valence-corrected chi connectivity index (χ2v) is 7.06. The van der Waals surface area contributed by atoms with Crippen molar-refractivity contribution in [3.05, 3.63) is 16.4 Å². The van der Waals surface area contributed by atoms with Gasteiger partial charge in [-0.1, -0.05) is 24.9 Å². The van der Waals surface area contributed by atoms with Gasteiger partial charge in [-0.25, -0.2) is 0 Å². The quantitative estimate of drug-likeness (QED) is 0.908. The standard InChI is InChI=1S/C16H27ClN4/c1-4-5-13-9-21(15(8-18-13)12-6-7-12)10-14-11(2)19-20(3)16(14)17/h12-13,15,18H,4-10H2,1-3H3. The Labute approximate surface area is 132 Å². The molecule has 2 atom stereocenters. The average molecular weight is 311 g/mol. The van der Waals surface area contributed by atoms with Gasteiger partial charge in [-0.05, 0) is 32.1 Å². The van der Waals surface area contributed by atoms with Crippen LogP contribution in [0.2, 0.25) is 5.15 Å². The first kappa shape index (κ1) is 15.3. The molecule has 2 aliphatic rings. The highest BCUT2D eigenvalue weighted by Gasteiger charge is 2.39. The number of halogens is 1. The highest BCUT2D eigenvalue weighted by Crippen LogP contribution is 2.37. The maximum Gasteiger partial charge on any atom is 0.131 e. The van der Waals surface area contributed by atoms with Crippen LogP contribution < -0.4 is 5.32 Å². The Balaban J connectivity index is 1.75. The lowest BCUT2D eigenvalue weighted by atomic mass is 10.0. The van der Waals surface area contributed by atoms with E-state index in [1.54, 1.807) is 4.68 Å². The van der Waals surface area contributed by atoms with Gasteiger partial charge in [0.15, 0.2) is 0 Å². The molecule has 1 saturated carbocycles. The zero-order valence-electron chi connectivity index (χ0n) is 13.4. The Bertz CT molecular complexity index is 495. The molecule has 0 aromatic carbocycles. The normalized spacial score (nSPS) is 27.2. The summed E-state index contributed by atoms with van der Waals surface area (Å²) < 4.78 is 1.80. The highest BCUT2D eigenvalue weighted by molar-refractivity contribution is 6.30. The number of hydrogen-bond acceptors (Lipinski definition) is 3. The van der Waals surface area contributed by atoms with Crippen LogP contribution in [0.25, 0.3) is 0 Å². The number of nitrogens with zero attached hydrogens (tertiary/aromatic N) is 3. The number of piperazine rings is 1. The molecule has 0 amide bonds. The van der Waals surface area contributed by atoms with Crippen molar-refractivity contribution in [2.24, 2.45) is 13.0 Å². The molecule has 2 fully saturated rings. The molecule has 2 unspecified atom stereocenters. The number of nitrogens with one attached hydrogen (secondary N) is 1. The summed E-state index contributed by atoms with van der Waals surface area (Å²) in [7, 11) is 1.93. The van der Waals surface area contributed by atoms with Crippen molar-refractivity contribution >= 4 is 11.6 Å². The molecule has 1 aliphatic carbocycles. The summed E-state index contributed by atoms with van der Waals surface area (Å²) in [5, 5.41) is 9.00. The van der Waals surface area contributed by atoms with Crippen LogP contribution in [-0.4, -0.2) is 39.9 Å². The van der Waals surface area contributed by atoms with Crippen LogP contribution in [0.4, 0.5) is 0 Å². The molecule has 1 aromatic rings. The van der Waals surface area contributed by atoms with E-state index in [1.165, 1.54) is 31.2 Å². The molecule has 0 spiro atoms. The Morgan fingerprint density at radius 3 is 2.71 bits per heavy atom. The van der Waals surface area contributed by atoms with Gasteiger partial charge in [0, 0.05) is 44.3 Å². The number of aromatic nitrogens is 2. The van der Waals surface area contributed by atoms with Crippen molar-refractivity contribution in [2.45, 2.75) is 58.2 Å². The first-order valence-electron chi connectivity index (χ1n) is 8.25. The number of rotatable bonds is 5. The summed E-state index contributed by atoms with van der Waals surface area (Å²) in [6.45, 7) is 7.55. The summed E-state index contributed by atoms with van der Waals surface area (Å²) in [5.41, 5.74) is 2.28. The largest absolute Gasteiger partial charge is 0.311 e. The minimum atomic E-state index is 0.626. The zero-order valence-corrected chi connectivity index (χ0v) is 14.2. The van der Waals surface area contributed by atoms with Gasteiger partial charge >= 0.3 is 0 Å². The molecule has 0 radical (unpaired) electrons. The lowest BCUT2D eigenvalue weighted by Gasteiger charge is -2.41. The molecular weight excluding hydrogens is 284 g/mol. The molecular formula is C16H27ClN4. The van der Waals surface area contributed by atoms with Gasteiger partial charge < -0.3 is 5.32 Å². The monoisotopic (exact) mass is 310 g/mol. The molecule has 4 nitrogen and oxygen atoms in total. The first-order chi connectivity index (χ1) is 10.1. The van der Waals surface area contributed by atoms with Crippen molar-refractivity contribution in [1.82, 2.24) is 20.0 Å². The SMILES string of the molecule is CCCC1CN(Cc2c(C)nn(C)c2Cl)C(C2CC2)CN1. The fourth-order valence-corrected chi connectivity index (χ4v) is 3.86. The van der Waals surface area contributed by atoms with E-state index in [1.807, 2.05) is 7.05 Å². The van der Waals surface area contributed by atoms with Crippen molar-refractivity contribution in [3.8, 4) is 0 Å². The highest BCUT2D eigenvalue weighted by atomic mass is 35.5. The average Bonchev–Trinajstić information content (AvgIpc) is 3.25. The van der Waals surface area contributed by atoms with E-state index in [4.69, 9.17) is 11.6 Å². The summed E-state index contributed by atoms with van der Waals surface area (Å²) >= 11 is 6.43. The third-order valence-corrected chi connectivity index (χ3v) is 5.45. The number of hydrogen-bond donors (Lipinski definition) is 1. The van der Waals surface area contributed by atoms with Gasteiger partial charge in [0.2, 0.25) is 0 Å². The van der Waals surface area contributed by atoms with Gasteiger partial charge in [-0.15, -0.1) is 0 Å². The predicted octanol–water partition coefficient (Wildman–Crippen LogP) is 2.73. The Hall–Kier alpha value is -0.580. The van der Waals surface area contributed by atoms with Crippen molar-refractivity contribution in [1.29, 1.82) is 0 Å². The maximum absolute atomic E-state index is 6.43. The van der Waals surface area contributed by atoms with Crippen molar-refractivity contribution < 1.29 is 0 Å². The number of aryl methyl sites for hydroxylation is 2. The first-order valence-corrected chi connectivity index (χ1v) is 8.63. The Morgan fingerprint density at radius 2 is 2.14 bits per heavy atom. The topological polar surface area (TPSA) is 33.1 Å². The van der Waals surface area contributed by atoms with Crippen LogP contribution >= 0.6 is 11.6 Å². The van der Waals surface area contributed by atoms with Crippen LogP contribution in [0.15, 0.2) is 0 Å². The molecule has 1 N–H and O–H groups in total. The molecule has 1 saturated heterocycles. The van der Waals surface area contributed by atoms with Crippen molar-refractivity contribution in [2.75, 3.05) is 13.1 Å². The zero-order chi connectivity index (χ0) is 15.0. The van der Waals surface area contributed by atoms with Crippen molar-refractivity contribution in [3.63, 3.8) is 0 Å². The molecule has 5 heteroatoms. The molecule has 1 aliphatic heterocycles. The van der Waals surface area contributed by atoms with Crippen LogP contribution in [0.5, 0.6) is 0 Å². The lowest BCUT2D eigenvalue weighted by Crippen LogP contribution is -2.56. The van der Waals surface area contributed by atoms with E-state index < -0.39 is 0 Å². The molecule has 1 aromatic heterocycles. The lowest BCUT2D eigenvalue weighted by molar-refractivity contribution is 0.104. The van der Waals surface area contributed by atoms with Crippen LogP contribution in [-0.2, 0) is 13.6 Å². The second kappa shape index (κ2) is 6.27. The van der Waals surface area contributed by atoms with Gasteiger partial charge in [-0.2, -0.15) is 5.10 Å². The van der Waals surface area contributed by atoms with Gasteiger partial charge in [0.1, 0.15) is 5.15 Å². The minimum absolute atomic E-state index is 0.626. The third kappa shape index (κ3) is 3.27. The van der Waals surface area contributed by atoms with E-state index in [9.17, 15) is 0 Å². The van der Waals surface area contributed by atoms with E-state index in [-0.39, 0.29) is 0 Å². The van der Waals surface area contributed by atoms with Crippen LogP contribution in [0, 0.1) is 12.8 Å². The molecule has 21 heavy (non-hydrogen) atoms. The summed E-state index contributed by atoms with van der Waals surface area (Å²) in [6, 6.07) is 1.30. The maximum atomic E-state index is 6.43. The second-order valence-electron chi connectivity index (χ2n) is 6.71. The summed E-state index contributed by atoms with van der Waals surface area (Å²) in [4.78, 5) is 2.66. The van der Waals surface area contributed by atoms with Gasteiger partial charge in [0.25, 0.3) is 0 Å². The molecule has 0 bridgehead atoms. The van der Waals surface area contributed by atoms with E-state index in [2.05, 4.69) is 29.2 Å². The van der Waals surface area contributed by atoms with Gasteiger partial charge in [0.05, 0.1) is 5.69 Å². The fraction of sp³-hybridized carbons (Fsp3) is 0.812. The molecule has 2 heterocycles. The Morgan fingerprint density at radius 1 is 1.38 bits per heavy atom. The summed E-state index contributed by atoms with van der Waals surface area (Å²) in [6.07, 6.45) is 5.28. The van der Waals surface area contributed by atoms with E-state index in [0.29, 0.717) is 12.1 Å². The van der Waals surface area contributed by atoms with E-state index in [0.717, 1.165) is 36.4 Å².